The third kappa shape index (κ3) is 2.90. The van der Waals surface area contributed by atoms with Crippen LogP contribution in [0.3, 0.4) is 0 Å². The lowest BCUT2D eigenvalue weighted by Crippen LogP contribution is -2.51. The molecule has 0 aliphatic carbocycles. The molecule has 0 N–H and O–H groups in total. The maximum absolute atomic E-state index is 12.5. The molecule has 3 aromatic rings. The predicted octanol–water partition coefficient (Wildman–Crippen LogP) is 2.78. The van der Waals surface area contributed by atoms with Gasteiger partial charge in [-0.2, -0.15) is 0 Å². The summed E-state index contributed by atoms with van der Waals surface area (Å²) in [6.45, 7) is 2.49. The number of aromatic nitrogens is 3. The van der Waals surface area contributed by atoms with E-state index in [1.165, 1.54) is 11.3 Å². The molecule has 4 rings (SSSR count). The summed E-state index contributed by atoms with van der Waals surface area (Å²) in [7, 11) is 0. The summed E-state index contributed by atoms with van der Waals surface area (Å²) < 4.78 is 2.06. The molecule has 0 saturated carbocycles. The van der Waals surface area contributed by atoms with E-state index in [-0.39, 0.29) is 5.91 Å². The van der Waals surface area contributed by atoms with E-state index in [4.69, 9.17) is 0 Å². The minimum atomic E-state index is 0.0327. The van der Waals surface area contributed by atoms with Crippen LogP contribution >= 0.6 is 11.3 Å². The minimum absolute atomic E-state index is 0.0327. The van der Waals surface area contributed by atoms with Crippen LogP contribution in [0, 0.1) is 5.92 Å². The molecule has 0 spiro atoms. The van der Waals surface area contributed by atoms with Crippen LogP contribution in [-0.2, 0) is 6.54 Å². The van der Waals surface area contributed by atoms with Crippen molar-refractivity contribution < 1.29 is 4.79 Å². The van der Waals surface area contributed by atoms with Crippen LogP contribution < -0.4 is 0 Å². The lowest BCUT2D eigenvalue weighted by atomic mass is 10.00. The maximum Gasteiger partial charge on any atom is 0.273 e. The van der Waals surface area contributed by atoms with E-state index < -0.39 is 0 Å². The molecule has 0 bridgehead atoms. The number of carbonyl (C=O) groups excluding carboxylic acids is 1. The molecular weight excluding hydrogens is 308 g/mol. The molecule has 1 aromatic carbocycles. The molecule has 1 saturated heterocycles. The van der Waals surface area contributed by atoms with Crippen LogP contribution in [0.4, 0.5) is 0 Å². The van der Waals surface area contributed by atoms with Crippen molar-refractivity contribution >= 4 is 17.2 Å². The summed E-state index contributed by atoms with van der Waals surface area (Å²) in [6, 6.07) is 9.96. The highest BCUT2D eigenvalue weighted by molar-refractivity contribution is 7.13. The van der Waals surface area contributed by atoms with Gasteiger partial charge in [0.25, 0.3) is 5.91 Å². The molecule has 6 heteroatoms. The van der Waals surface area contributed by atoms with E-state index in [0.29, 0.717) is 11.6 Å². The van der Waals surface area contributed by atoms with E-state index in [2.05, 4.69) is 14.5 Å². The number of benzene rings is 1. The first-order valence-electron chi connectivity index (χ1n) is 7.55. The lowest BCUT2D eigenvalue weighted by molar-refractivity contribution is 0.0463. The summed E-state index contributed by atoms with van der Waals surface area (Å²) in [5, 5.41) is 2.75. The first kappa shape index (κ1) is 14.1. The number of nitrogens with zero attached hydrogens (tertiary/aromatic N) is 4. The van der Waals surface area contributed by atoms with Crippen molar-refractivity contribution in [2.45, 2.75) is 6.54 Å². The number of hydrogen-bond acceptors (Lipinski definition) is 4. The van der Waals surface area contributed by atoms with Crippen molar-refractivity contribution in [3.8, 4) is 10.6 Å². The fraction of sp³-hybridized carbons (Fsp3) is 0.235. The molecule has 0 atom stereocenters. The predicted molar refractivity (Wildman–Crippen MR) is 89.2 cm³/mol. The Morgan fingerprint density at radius 3 is 2.83 bits per heavy atom. The van der Waals surface area contributed by atoms with Gasteiger partial charge >= 0.3 is 0 Å². The van der Waals surface area contributed by atoms with Gasteiger partial charge in [0.1, 0.15) is 10.7 Å². The molecule has 5 nitrogen and oxygen atoms in total. The van der Waals surface area contributed by atoms with Crippen molar-refractivity contribution in [3.63, 3.8) is 0 Å². The smallest absolute Gasteiger partial charge is 0.273 e. The Bertz CT molecular complexity index is 791. The average molecular weight is 324 g/mol. The van der Waals surface area contributed by atoms with Gasteiger partial charge in [-0.05, 0) is 0 Å². The first-order valence-corrected chi connectivity index (χ1v) is 8.43. The molecule has 0 radical (unpaired) electrons. The zero-order valence-corrected chi connectivity index (χ0v) is 13.3. The number of amides is 1. The third-order valence-electron chi connectivity index (χ3n) is 4.02. The van der Waals surface area contributed by atoms with Crippen LogP contribution in [0.5, 0.6) is 0 Å². The van der Waals surface area contributed by atoms with Gasteiger partial charge in [0, 0.05) is 48.9 Å². The zero-order chi connectivity index (χ0) is 15.6. The van der Waals surface area contributed by atoms with Gasteiger partial charge in [0.15, 0.2) is 0 Å². The molecule has 3 heterocycles. The maximum atomic E-state index is 12.5. The first-order chi connectivity index (χ1) is 11.3. The molecule has 23 heavy (non-hydrogen) atoms. The standard InChI is InChI=1S/C17H16N4OS/c22-17(21-9-13(10-21)8-20-7-6-18-12-20)15-11-23-16(19-15)14-4-2-1-3-5-14/h1-7,11-13H,8-10H2. The Kier molecular flexibility index (Phi) is 3.67. The van der Waals surface area contributed by atoms with Crippen LogP contribution in [-0.4, -0.2) is 38.4 Å². The van der Waals surface area contributed by atoms with E-state index in [1.54, 1.807) is 6.20 Å². The van der Waals surface area contributed by atoms with Gasteiger partial charge in [0.2, 0.25) is 0 Å². The summed E-state index contributed by atoms with van der Waals surface area (Å²) >= 11 is 1.52. The van der Waals surface area contributed by atoms with Gasteiger partial charge < -0.3 is 9.47 Å². The fourth-order valence-corrected chi connectivity index (χ4v) is 3.59. The number of likely N-dealkylation sites (tertiary alicyclic amines) is 1. The highest BCUT2D eigenvalue weighted by Crippen LogP contribution is 2.26. The van der Waals surface area contributed by atoms with E-state index in [9.17, 15) is 4.79 Å². The fourth-order valence-electron chi connectivity index (χ4n) is 2.79. The number of thiazole rings is 1. The Labute approximate surface area is 138 Å². The van der Waals surface area contributed by atoms with Crippen molar-refractivity contribution in [1.29, 1.82) is 0 Å². The van der Waals surface area contributed by atoms with Gasteiger partial charge in [-0.25, -0.2) is 9.97 Å². The van der Waals surface area contributed by atoms with Crippen LogP contribution in [0.15, 0.2) is 54.4 Å². The van der Waals surface area contributed by atoms with Gasteiger partial charge in [-0.1, -0.05) is 30.3 Å². The van der Waals surface area contributed by atoms with Crippen LogP contribution in [0.25, 0.3) is 10.6 Å². The normalized spacial score (nSPS) is 14.7. The van der Waals surface area contributed by atoms with Crippen molar-refractivity contribution in [3.05, 3.63) is 60.1 Å². The average Bonchev–Trinajstić information content (AvgIpc) is 3.22. The summed E-state index contributed by atoms with van der Waals surface area (Å²) in [5.41, 5.74) is 1.60. The Balaban J connectivity index is 1.38. The SMILES string of the molecule is O=C(c1csc(-c2ccccc2)n1)N1CC(Cn2ccnc2)C1. The van der Waals surface area contributed by atoms with E-state index in [1.807, 2.05) is 53.1 Å². The van der Waals surface area contributed by atoms with Gasteiger partial charge in [-0.15, -0.1) is 11.3 Å². The Morgan fingerprint density at radius 1 is 1.26 bits per heavy atom. The molecule has 1 aliphatic heterocycles. The summed E-state index contributed by atoms with van der Waals surface area (Å²) in [4.78, 5) is 22.9. The van der Waals surface area contributed by atoms with Crippen molar-refractivity contribution in [2.75, 3.05) is 13.1 Å². The molecule has 1 fully saturated rings. The lowest BCUT2D eigenvalue weighted by Gasteiger charge is -2.39. The topological polar surface area (TPSA) is 51.0 Å². The van der Waals surface area contributed by atoms with Gasteiger partial charge in [-0.3, -0.25) is 4.79 Å². The second-order valence-corrected chi connectivity index (χ2v) is 6.60. The highest BCUT2D eigenvalue weighted by atomic mass is 32.1. The van der Waals surface area contributed by atoms with Crippen molar-refractivity contribution in [1.82, 2.24) is 19.4 Å². The Morgan fingerprint density at radius 2 is 2.09 bits per heavy atom. The second kappa shape index (κ2) is 5.96. The molecule has 0 unspecified atom stereocenters. The molecule has 2 aromatic heterocycles. The summed E-state index contributed by atoms with van der Waals surface area (Å²) in [5.74, 6) is 0.533. The molecule has 116 valence electrons. The minimum Gasteiger partial charge on any atom is -0.337 e. The molecule has 1 aliphatic rings. The third-order valence-corrected chi connectivity index (χ3v) is 4.91. The Hall–Kier alpha value is -2.47. The van der Waals surface area contributed by atoms with Crippen LogP contribution in [0.2, 0.25) is 0 Å². The second-order valence-electron chi connectivity index (χ2n) is 5.74. The van der Waals surface area contributed by atoms with Crippen molar-refractivity contribution in [2.24, 2.45) is 5.92 Å². The largest absolute Gasteiger partial charge is 0.337 e. The number of hydrogen-bond donors (Lipinski definition) is 0. The quantitative estimate of drug-likeness (QED) is 0.741. The van der Waals surface area contributed by atoms with E-state index in [0.717, 1.165) is 30.2 Å². The highest BCUT2D eigenvalue weighted by Gasteiger charge is 2.32. The molecule has 1 amide bonds. The van der Waals surface area contributed by atoms with Gasteiger partial charge in [0.05, 0.1) is 6.33 Å². The monoisotopic (exact) mass is 324 g/mol. The zero-order valence-electron chi connectivity index (χ0n) is 12.5. The van der Waals surface area contributed by atoms with E-state index >= 15 is 0 Å². The number of carbonyl (C=O) groups is 1. The summed E-state index contributed by atoms with van der Waals surface area (Å²) in [6.07, 6.45) is 5.55. The van der Waals surface area contributed by atoms with Crippen LogP contribution in [0.1, 0.15) is 10.5 Å². The number of imidazole rings is 1. The number of rotatable bonds is 4. The molecular formula is C17H16N4OS.